The van der Waals surface area contributed by atoms with Crippen LogP contribution in [0.4, 0.5) is 0 Å². The van der Waals surface area contributed by atoms with Crippen LogP contribution in [-0.4, -0.2) is 28.0 Å². The van der Waals surface area contributed by atoms with Crippen LogP contribution in [-0.2, 0) is 4.57 Å². The molecule has 0 bridgehead atoms. The van der Waals surface area contributed by atoms with Crippen LogP contribution in [0.15, 0.2) is 4.99 Å². The third-order valence-electron chi connectivity index (χ3n) is 0.856. The molecule has 0 aliphatic carbocycles. The lowest BCUT2D eigenvalue weighted by molar-refractivity contribution is 0.397. The van der Waals surface area contributed by atoms with E-state index in [1.807, 2.05) is 0 Å². The Morgan fingerprint density at radius 3 is 2.50 bits per heavy atom. The Morgan fingerprint density at radius 1 is 1.50 bits per heavy atom. The van der Waals surface area contributed by atoms with Crippen LogP contribution in [0.1, 0.15) is 6.42 Å². The molecule has 72 valence electrons. The Morgan fingerprint density at radius 2 is 2.08 bits per heavy atom. The number of aliphatic imine (C=N–C) groups is 1. The van der Waals surface area contributed by atoms with Crippen molar-refractivity contribution in [1.82, 2.24) is 0 Å². The molecule has 6 N–H and O–H groups in total. The lowest BCUT2D eigenvalue weighted by Gasteiger charge is -2.00. The van der Waals surface area contributed by atoms with Crippen molar-refractivity contribution >= 4 is 24.1 Å². The summed E-state index contributed by atoms with van der Waals surface area (Å²) in [5, 5.41) is 0. The van der Waals surface area contributed by atoms with Gasteiger partial charge in [-0.15, -0.1) is 0 Å². The first-order valence-electron chi connectivity index (χ1n) is 3.17. The molecule has 6 nitrogen and oxygen atoms in total. The topological polar surface area (TPSA) is 122 Å². The third kappa shape index (κ3) is 9.77. The maximum atomic E-state index is 10.3. The molecule has 0 fully saturated rings. The van der Waals surface area contributed by atoms with Crippen LogP contribution in [0.25, 0.3) is 0 Å². The molecule has 0 unspecified atom stereocenters. The van der Waals surface area contributed by atoms with Crippen molar-refractivity contribution in [2.45, 2.75) is 6.42 Å². The van der Waals surface area contributed by atoms with Gasteiger partial charge < -0.3 is 21.3 Å². The molecule has 0 saturated heterocycles. The number of hydrogen-bond acceptors (Lipinski definition) is 3. The van der Waals surface area contributed by atoms with Gasteiger partial charge in [0, 0.05) is 12.3 Å². The number of rotatable bonds is 5. The zero-order valence-electron chi connectivity index (χ0n) is 6.38. The van der Waals surface area contributed by atoms with E-state index in [1.165, 1.54) is 0 Å². The Hall–Kier alpha value is -0.230. The molecule has 0 saturated carbocycles. The smallest absolute Gasteiger partial charge is 0.370 e. The molecular weight excluding hydrogens is 201 g/mol. The lowest BCUT2D eigenvalue weighted by Crippen LogP contribution is -2.23. The van der Waals surface area contributed by atoms with Crippen LogP contribution >= 0.6 is 18.2 Å². The second-order valence-electron chi connectivity index (χ2n) is 1.98. The molecule has 0 aromatic heterocycles. The fourth-order valence-electron chi connectivity index (χ4n) is 0.456. The van der Waals surface area contributed by atoms with Gasteiger partial charge in [-0.1, -0.05) is 0 Å². The predicted molar refractivity (Wildman–Crippen MR) is 49.8 cm³/mol. The molecule has 0 spiro atoms. The Bertz CT molecular complexity index is 200. The van der Waals surface area contributed by atoms with E-state index < -0.39 is 6.80 Å². The number of hydrogen-bond donors (Lipinski definition) is 4. The molecule has 0 aliphatic rings. The Balaban J connectivity index is 3.35. The Kier molecular flexibility index (Phi) is 5.32. The molecule has 0 rings (SSSR count). The molecule has 0 radical (unpaired) electrons. The summed E-state index contributed by atoms with van der Waals surface area (Å²) in [7, 11) is 0. The van der Waals surface area contributed by atoms with Gasteiger partial charge in [0.05, 0.1) is 0 Å². The van der Waals surface area contributed by atoms with Crippen molar-refractivity contribution in [3.8, 4) is 0 Å². The highest BCUT2D eigenvalue weighted by atomic mass is 32.7. The number of nitrogens with zero attached hydrogens (tertiary/aromatic N) is 1. The van der Waals surface area contributed by atoms with E-state index in [9.17, 15) is 4.57 Å². The van der Waals surface area contributed by atoms with Gasteiger partial charge in [-0.2, -0.15) is 0 Å². The number of guanidine groups is 1. The average molecular weight is 213 g/mol. The summed E-state index contributed by atoms with van der Waals surface area (Å²) in [5.74, 6) is 0.345. The molecule has 0 amide bonds. The lowest BCUT2D eigenvalue weighted by atomic mass is 10.5. The first kappa shape index (κ1) is 11.8. The summed E-state index contributed by atoms with van der Waals surface area (Å²) >= 11 is 0.601. The van der Waals surface area contributed by atoms with E-state index in [1.54, 1.807) is 0 Å². The molecule has 0 heterocycles. The maximum absolute atomic E-state index is 10.3. The quantitative estimate of drug-likeness (QED) is 0.211. The van der Waals surface area contributed by atoms with Crippen LogP contribution < -0.4 is 11.5 Å². The molecule has 0 aromatic rings. The summed E-state index contributed by atoms with van der Waals surface area (Å²) in [4.78, 5) is 20.5. The van der Waals surface area contributed by atoms with Gasteiger partial charge >= 0.3 is 6.80 Å². The minimum atomic E-state index is -3.92. The molecule has 12 heavy (non-hydrogen) atoms. The predicted octanol–water partition coefficient (Wildman–Crippen LogP) is -0.524. The van der Waals surface area contributed by atoms with Crippen molar-refractivity contribution in [3.63, 3.8) is 0 Å². The SMILES string of the molecule is NC(N)=NCCCSP(=O)(O)O. The van der Waals surface area contributed by atoms with Crippen LogP contribution in [0.2, 0.25) is 0 Å². The molecule has 8 heteroatoms. The highest BCUT2D eigenvalue weighted by molar-refractivity contribution is 8.54. The largest absolute Gasteiger partial charge is 0.383 e. The minimum absolute atomic E-state index is 0.00354. The first-order chi connectivity index (χ1) is 5.42. The van der Waals surface area contributed by atoms with Crippen molar-refractivity contribution < 1.29 is 14.4 Å². The van der Waals surface area contributed by atoms with Gasteiger partial charge in [-0.3, -0.25) is 4.99 Å². The summed E-state index contributed by atoms with van der Waals surface area (Å²) in [6, 6.07) is 0. The number of nitrogens with two attached hydrogens (primary N) is 2. The van der Waals surface area contributed by atoms with Gasteiger partial charge in [-0.05, 0) is 17.8 Å². The van der Waals surface area contributed by atoms with Gasteiger partial charge in [0.1, 0.15) is 0 Å². The van der Waals surface area contributed by atoms with Gasteiger partial charge in [0.2, 0.25) is 0 Å². The van der Waals surface area contributed by atoms with Crippen LogP contribution in [0.5, 0.6) is 0 Å². The van der Waals surface area contributed by atoms with E-state index in [0.717, 1.165) is 0 Å². The van der Waals surface area contributed by atoms with Crippen LogP contribution in [0.3, 0.4) is 0 Å². The van der Waals surface area contributed by atoms with E-state index in [2.05, 4.69) is 4.99 Å². The minimum Gasteiger partial charge on any atom is -0.370 e. The highest BCUT2D eigenvalue weighted by Crippen LogP contribution is 2.50. The zero-order chi connectivity index (χ0) is 9.61. The Labute approximate surface area is 74.3 Å². The third-order valence-corrected chi connectivity index (χ3v) is 3.22. The first-order valence-corrected chi connectivity index (χ1v) is 6.37. The van der Waals surface area contributed by atoms with Crippen molar-refractivity contribution in [1.29, 1.82) is 0 Å². The summed E-state index contributed by atoms with van der Waals surface area (Å²) in [6.45, 7) is -3.53. The summed E-state index contributed by atoms with van der Waals surface area (Å²) in [5.41, 5.74) is 10.1. The van der Waals surface area contributed by atoms with Gasteiger partial charge in [-0.25, -0.2) is 4.57 Å². The second-order valence-corrected chi connectivity index (χ2v) is 5.83. The van der Waals surface area contributed by atoms with Crippen LogP contribution in [0, 0.1) is 0 Å². The van der Waals surface area contributed by atoms with E-state index >= 15 is 0 Å². The summed E-state index contributed by atoms with van der Waals surface area (Å²) < 4.78 is 10.3. The molecule has 0 atom stereocenters. The van der Waals surface area contributed by atoms with E-state index in [4.69, 9.17) is 21.3 Å². The van der Waals surface area contributed by atoms with Gasteiger partial charge in [0.15, 0.2) is 5.96 Å². The van der Waals surface area contributed by atoms with Crippen molar-refractivity contribution in [2.24, 2.45) is 16.5 Å². The van der Waals surface area contributed by atoms with E-state index in [0.29, 0.717) is 30.1 Å². The summed E-state index contributed by atoms with van der Waals surface area (Å²) in [6.07, 6.45) is 0.549. The van der Waals surface area contributed by atoms with Gasteiger partial charge in [0.25, 0.3) is 0 Å². The van der Waals surface area contributed by atoms with Crippen molar-refractivity contribution in [3.05, 3.63) is 0 Å². The standard InChI is InChI=1S/C4H12N3O3PS/c5-4(6)7-2-1-3-12-11(8,9)10/h1-3H2,(H4,5,6,7)(H2,8,9,10). The second kappa shape index (κ2) is 5.42. The van der Waals surface area contributed by atoms with Crippen molar-refractivity contribution in [2.75, 3.05) is 12.3 Å². The normalized spacial score (nSPS) is 11.2. The monoisotopic (exact) mass is 213 g/mol. The maximum Gasteiger partial charge on any atom is 0.383 e. The molecule has 0 aliphatic heterocycles. The molecular formula is C4H12N3O3PS. The fourth-order valence-corrected chi connectivity index (χ4v) is 2.05. The highest BCUT2D eigenvalue weighted by Gasteiger charge is 2.11. The molecule has 0 aromatic carbocycles. The van der Waals surface area contributed by atoms with E-state index in [-0.39, 0.29) is 5.96 Å². The zero-order valence-corrected chi connectivity index (χ0v) is 8.09. The average Bonchev–Trinajstić information content (AvgIpc) is 1.83. The fraction of sp³-hybridized carbons (Fsp3) is 0.750.